The van der Waals surface area contributed by atoms with E-state index in [2.05, 4.69) is 84.3 Å². The lowest BCUT2D eigenvalue weighted by Gasteiger charge is -2.64. The van der Waals surface area contributed by atoms with Crippen molar-refractivity contribution < 1.29 is 17.9 Å². The Kier molecular flexibility index (Phi) is 6.63. The minimum absolute atomic E-state index is 0.142. The van der Waals surface area contributed by atoms with Gasteiger partial charge >= 0.3 is 8.16 Å². The van der Waals surface area contributed by atoms with Crippen molar-refractivity contribution in [2.24, 2.45) is 23.2 Å². The summed E-state index contributed by atoms with van der Waals surface area (Å²) in [6.45, 7) is 19.5. The van der Waals surface area contributed by atoms with E-state index in [1.165, 1.54) is 25.7 Å². The van der Waals surface area contributed by atoms with E-state index in [1.807, 2.05) is 0 Å². The van der Waals surface area contributed by atoms with E-state index in [0.29, 0.717) is 11.5 Å². The molecule has 0 N–H and O–H groups in total. The number of fused-ring (bicyclic) bond motifs is 3. The van der Waals surface area contributed by atoms with Crippen LogP contribution in [0, 0.1) is 23.2 Å². The van der Waals surface area contributed by atoms with Crippen molar-refractivity contribution in [3.05, 3.63) is 35.4 Å². The molecule has 2 bridgehead atoms. The molecule has 218 valence electrons. The zero-order valence-corrected chi connectivity index (χ0v) is 27.1. The van der Waals surface area contributed by atoms with Crippen LogP contribution in [-0.2, 0) is 10.8 Å². The molecule has 4 aliphatic rings. The lowest BCUT2D eigenvalue weighted by atomic mass is 9.43. The first-order valence-corrected chi connectivity index (χ1v) is 16.2. The van der Waals surface area contributed by atoms with Crippen LogP contribution in [0.3, 0.4) is 0 Å². The number of ether oxygens (including phenoxy) is 2. The van der Waals surface area contributed by atoms with E-state index in [1.54, 1.807) is 14.2 Å². The fraction of sp³-hybridized carbons (Fsp3) is 0.647. The highest BCUT2D eigenvalue weighted by Gasteiger charge is 2.59. The van der Waals surface area contributed by atoms with Gasteiger partial charge in [-0.3, -0.25) is 0 Å². The third kappa shape index (κ3) is 4.38. The highest BCUT2D eigenvalue weighted by molar-refractivity contribution is 7.39. The Morgan fingerprint density at radius 1 is 0.825 bits per heavy atom. The Bertz CT molecular complexity index is 1410. The molecule has 2 heterocycles. The molecule has 3 saturated carbocycles. The standard InChI is InChI=1S/C34H48NO4P/c1-32(2,3)27-18-21(36-9)16-24-25-17-22(37-10)19-28(33(4,5)6)31(25)39-40(38-30(24)27)35-13-11-12-23-26-14-20(15-29(23)35)34(26,7)8/h16-20,23,26,29H,11-15H2,1-10H3/t20-,23-,26-,29+/m0/s1. The summed E-state index contributed by atoms with van der Waals surface area (Å²) in [7, 11) is 2.12. The predicted octanol–water partition coefficient (Wildman–Crippen LogP) is 9.68. The van der Waals surface area contributed by atoms with Gasteiger partial charge in [0.2, 0.25) is 0 Å². The maximum atomic E-state index is 7.20. The largest absolute Gasteiger partial charge is 0.497 e. The SMILES string of the molecule is COc1cc(C(C)(C)C)c2op(N3CCC[C@@H]4[C@H]3C[C@@H]3C[C@@H]4C3(C)C)oc3c(C(C)(C)C)cc(OC)cc3c2c1. The fourth-order valence-corrected chi connectivity index (χ4v) is 9.71. The van der Waals surface area contributed by atoms with Gasteiger partial charge in [0.15, 0.2) is 0 Å². The van der Waals surface area contributed by atoms with Crippen LogP contribution in [0.4, 0.5) is 0 Å². The molecule has 0 radical (unpaired) electrons. The average Bonchev–Trinajstić information content (AvgIpc) is 3.06. The molecule has 1 aromatic heterocycles. The summed E-state index contributed by atoms with van der Waals surface area (Å²) < 4.78 is 28.7. The molecule has 6 heteroatoms. The second-order valence-corrected chi connectivity index (χ2v) is 16.5. The van der Waals surface area contributed by atoms with Gasteiger partial charge in [-0.15, -0.1) is 0 Å². The molecule has 40 heavy (non-hydrogen) atoms. The summed E-state index contributed by atoms with van der Waals surface area (Å²) in [5, 5.41) is 2.05. The molecule has 1 aliphatic heterocycles. The van der Waals surface area contributed by atoms with E-state index in [4.69, 9.17) is 17.9 Å². The van der Waals surface area contributed by atoms with Crippen LogP contribution in [0.1, 0.15) is 92.2 Å². The van der Waals surface area contributed by atoms with Gasteiger partial charge in [0, 0.05) is 34.5 Å². The van der Waals surface area contributed by atoms with Crippen molar-refractivity contribution in [1.29, 1.82) is 0 Å². The molecule has 0 unspecified atom stereocenters. The number of piperidine rings is 1. The van der Waals surface area contributed by atoms with Crippen LogP contribution in [0.2, 0.25) is 0 Å². The highest BCUT2D eigenvalue weighted by atomic mass is 31.1. The molecule has 4 atom stereocenters. The molecule has 2 aromatic carbocycles. The normalized spacial score (nSPS) is 26.4. The molecule has 4 fully saturated rings. The molecule has 7 rings (SSSR count). The van der Waals surface area contributed by atoms with Crippen LogP contribution in [-0.4, -0.2) is 26.8 Å². The molecule has 5 nitrogen and oxygen atoms in total. The number of hydrogen-bond donors (Lipinski definition) is 0. The Balaban J connectivity index is 1.69. The number of benzene rings is 2. The van der Waals surface area contributed by atoms with Gasteiger partial charge in [0.1, 0.15) is 22.7 Å². The maximum absolute atomic E-state index is 7.20. The Morgan fingerprint density at radius 3 is 1.80 bits per heavy atom. The van der Waals surface area contributed by atoms with Crippen molar-refractivity contribution in [3.63, 3.8) is 0 Å². The van der Waals surface area contributed by atoms with Crippen molar-refractivity contribution in [3.8, 4) is 11.5 Å². The fourth-order valence-electron chi connectivity index (χ4n) is 7.94. The van der Waals surface area contributed by atoms with Crippen LogP contribution in [0.15, 0.2) is 32.7 Å². The van der Waals surface area contributed by atoms with E-state index in [9.17, 15) is 0 Å². The first-order valence-electron chi connectivity index (χ1n) is 15.1. The number of hydrogen-bond acceptors (Lipinski definition) is 5. The Morgan fingerprint density at radius 2 is 1.35 bits per heavy atom. The molecule has 1 saturated heterocycles. The topological polar surface area (TPSA) is 48.0 Å². The van der Waals surface area contributed by atoms with Gasteiger partial charge in [-0.1, -0.05) is 55.4 Å². The van der Waals surface area contributed by atoms with E-state index in [-0.39, 0.29) is 10.8 Å². The van der Waals surface area contributed by atoms with Crippen molar-refractivity contribution in [1.82, 2.24) is 0 Å². The van der Waals surface area contributed by atoms with Gasteiger partial charge in [0.05, 0.1) is 14.2 Å². The minimum atomic E-state index is -1.37. The summed E-state index contributed by atoms with van der Waals surface area (Å²) in [6.07, 6.45) is 5.18. The van der Waals surface area contributed by atoms with Crippen LogP contribution >= 0.6 is 8.16 Å². The minimum Gasteiger partial charge on any atom is -0.497 e. The smallest absolute Gasteiger partial charge is 0.309 e. The quantitative estimate of drug-likeness (QED) is 0.316. The molecule has 3 aliphatic carbocycles. The van der Waals surface area contributed by atoms with Crippen LogP contribution in [0.25, 0.3) is 21.9 Å². The Labute approximate surface area is 241 Å². The van der Waals surface area contributed by atoms with Gasteiger partial charge in [0.25, 0.3) is 0 Å². The molecule has 0 amide bonds. The summed E-state index contributed by atoms with van der Waals surface area (Å²) in [5.74, 6) is 3.99. The first-order chi connectivity index (χ1) is 18.7. The van der Waals surface area contributed by atoms with Crippen molar-refractivity contribution >= 4 is 30.1 Å². The van der Waals surface area contributed by atoms with Crippen molar-refractivity contribution in [2.45, 2.75) is 97.9 Å². The lowest BCUT2D eigenvalue weighted by molar-refractivity contribution is -0.121. The maximum Gasteiger partial charge on any atom is 0.309 e. The van der Waals surface area contributed by atoms with Gasteiger partial charge < -0.3 is 17.9 Å². The Hall–Kier alpha value is -2.10. The molecular formula is C34H48NO4P. The summed E-state index contributed by atoms with van der Waals surface area (Å²) in [4.78, 5) is 0. The summed E-state index contributed by atoms with van der Waals surface area (Å²) in [5.41, 5.74) is 4.32. The highest BCUT2D eigenvalue weighted by Crippen LogP contribution is 2.64. The van der Waals surface area contributed by atoms with Gasteiger partial charge in [-0.2, -0.15) is 4.67 Å². The molecule has 0 spiro atoms. The van der Waals surface area contributed by atoms with E-state index >= 15 is 0 Å². The van der Waals surface area contributed by atoms with E-state index < -0.39 is 8.16 Å². The molecule has 3 aromatic rings. The number of rotatable bonds is 3. The molecular weight excluding hydrogens is 517 g/mol. The monoisotopic (exact) mass is 565 g/mol. The summed E-state index contributed by atoms with van der Waals surface area (Å²) >= 11 is 0. The van der Waals surface area contributed by atoms with E-state index in [0.717, 1.165) is 68.9 Å². The van der Waals surface area contributed by atoms with Gasteiger partial charge in [-0.05, 0) is 83.9 Å². The first kappa shape index (κ1) is 28.0. The van der Waals surface area contributed by atoms with Gasteiger partial charge in [-0.25, -0.2) is 0 Å². The number of methoxy groups -OCH3 is 2. The third-order valence-electron chi connectivity index (χ3n) is 10.4. The summed E-state index contributed by atoms with van der Waals surface area (Å²) in [6, 6.07) is 9.07. The number of nitrogens with zero attached hydrogens (tertiary/aromatic N) is 1. The third-order valence-corrected chi connectivity index (χ3v) is 12.0. The second kappa shape index (κ2) is 9.46. The predicted molar refractivity (Wildman–Crippen MR) is 166 cm³/mol. The zero-order valence-electron chi connectivity index (χ0n) is 26.2. The van der Waals surface area contributed by atoms with Crippen LogP contribution in [0.5, 0.6) is 11.5 Å². The lowest BCUT2D eigenvalue weighted by Crippen LogP contribution is -2.62. The zero-order chi connectivity index (χ0) is 28.8. The second-order valence-electron chi connectivity index (χ2n) is 15.2. The average molecular weight is 566 g/mol. The van der Waals surface area contributed by atoms with Crippen LogP contribution < -0.4 is 14.1 Å². The van der Waals surface area contributed by atoms with Crippen molar-refractivity contribution in [2.75, 3.05) is 25.4 Å².